The van der Waals surface area contributed by atoms with Crippen LogP contribution in [0.4, 0.5) is 5.69 Å². The fourth-order valence-electron chi connectivity index (χ4n) is 4.12. The molecular formula is C20H30Cl2N4O3. The van der Waals surface area contributed by atoms with Crippen LogP contribution < -0.4 is 10.2 Å². The number of carbonyl (C=O) groups excluding carboxylic acids is 2. The smallest absolute Gasteiger partial charge is 0.241 e. The molecule has 1 aromatic rings. The van der Waals surface area contributed by atoms with Crippen LogP contribution in [0.2, 0.25) is 0 Å². The van der Waals surface area contributed by atoms with E-state index in [4.69, 9.17) is 4.74 Å². The van der Waals surface area contributed by atoms with E-state index in [2.05, 4.69) is 16.3 Å². The molecule has 4 rings (SSSR count). The van der Waals surface area contributed by atoms with Crippen LogP contribution in [0.15, 0.2) is 24.3 Å². The van der Waals surface area contributed by atoms with Crippen molar-refractivity contribution >= 4 is 42.3 Å². The number of amides is 2. The Hall–Kier alpha value is -1.38. The number of nitrogens with one attached hydrogen (secondary N) is 1. The van der Waals surface area contributed by atoms with Crippen LogP contribution in [-0.4, -0.2) is 86.7 Å². The van der Waals surface area contributed by atoms with E-state index in [-0.39, 0.29) is 42.7 Å². The molecule has 29 heavy (non-hydrogen) atoms. The maximum Gasteiger partial charge on any atom is 0.241 e. The van der Waals surface area contributed by atoms with Gasteiger partial charge in [0.25, 0.3) is 0 Å². The Balaban J connectivity index is 0.00000150. The lowest BCUT2D eigenvalue weighted by molar-refractivity contribution is -0.134. The van der Waals surface area contributed by atoms with Crippen molar-refractivity contribution in [3.05, 3.63) is 29.8 Å². The van der Waals surface area contributed by atoms with Crippen molar-refractivity contribution in [3.8, 4) is 0 Å². The van der Waals surface area contributed by atoms with E-state index in [9.17, 15) is 9.59 Å². The molecule has 0 aliphatic carbocycles. The number of nitrogens with zero attached hydrogens (tertiary/aromatic N) is 3. The highest BCUT2D eigenvalue weighted by atomic mass is 35.5. The van der Waals surface area contributed by atoms with Gasteiger partial charge in [0.05, 0.1) is 19.8 Å². The second-order valence-corrected chi connectivity index (χ2v) is 7.51. The summed E-state index contributed by atoms with van der Waals surface area (Å²) in [6.07, 6.45) is 1.42. The second kappa shape index (κ2) is 11.1. The monoisotopic (exact) mass is 444 g/mol. The van der Waals surface area contributed by atoms with Gasteiger partial charge in [-0.2, -0.15) is 0 Å². The molecule has 3 heterocycles. The van der Waals surface area contributed by atoms with Crippen molar-refractivity contribution in [3.63, 3.8) is 0 Å². The molecule has 1 N–H and O–H groups in total. The van der Waals surface area contributed by atoms with E-state index in [0.29, 0.717) is 32.7 Å². The maximum atomic E-state index is 12.7. The third-order valence-corrected chi connectivity index (χ3v) is 5.69. The van der Waals surface area contributed by atoms with Gasteiger partial charge < -0.3 is 19.9 Å². The van der Waals surface area contributed by atoms with Gasteiger partial charge in [-0.25, -0.2) is 0 Å². The Morgan fingerprint density at radius 1 is 1.03 bits per heavy atom. The van der Waals surface area contributed by atoms with Crippen LogP contribution in [0, 0.1) is 0 Å². The predicted molar refractivity (Wildman–Crippen MR) is 117 cm³/mol. The number of halogens is 2. The number of ether oxygens (including phenoxy) is 1. The molecule has 2 fully saturated rings. The van der Waals surface area contributed by atoms with Crippen molar-refractivity contribution < 1.29 is 14.3 Å². The van der Waals surface area contributed by atoms with Gasteiger partial charge in [0.1, 0.15) is 0 Å². The molecule has 0 saturated carbocycles. The van der Waals surface area contributed by atoms with Crippen molar-refractivity contribution in [2.75, 3.05) is 63.9 Å². The lowest BCUT2D eigenvalue weighted by Crippen LogP contribution is -2.53. The Morgan fingerprint density at radius 2 is 1.79 bits per heavy atom. The largest absolute Gasteiger partial charge is 0.378 e. The lowest BCUT2D eigenvalue weighted by atomic mass is 10.1. The van der Waals surface area contributed by atoms with Crippen molar-refractivity contribution in [2.24, 2.45) is 0 Å². The van der Waals surface area contributed by atoms with Gasteiger partial charge >= 0.3 is 0 Å². The Kier molecular flexibility index (Phi) is 9.17. The first kappa shape index (κ1) is 23.9. The molecule has 3 aliphatic rings. The molecule has 0 radical (unpaired) electrons. The number of fused-ring (bicyclic) bond motifs is 1. The van der Waals surface area contributed by atoms with Crippen molar-refractivity contribution in [1.82, 2.24) is 15.1 Å². The molecule has 3 aliphatic heterocycles. The van der Waals surface area contributed by atoms with Crippen LogP contribution in [0.3, 0.4) is 0 Å². The minimum absolute atomic E-state index is 0. The highest BCUT2D eigenvalue weighted by Crippen LogP contribution is 2.27. The number of morpholine rings is 1. The molecular weight excluding hydrogens is 415 g/mol. The minimum atomic E-state index is 0. The summed E-state index contributed by atoms with van der Waals surface area (Å²) in [5, 5.41) is 3.33. The van der Waals surface area contributed by atoms with E-state index in [1.807, 2.05) is 28.0 Å². The molecule has 1 atom stereocenters. The number of para-hydroxylation sites is 1. The second-order valence-electron chi connectivity index (χ2n) is 7.51. The van der Waals surface area contributed by atoms with Gasteiger partial charge in [-0.05, 0) is 18.1 Å². The third kappa shape index (κ3) is 5.83. The van der Waals surface area contributed by atoms with E-state index in [1.54, 1.807) is 0 Å². The van der Waals surface area contributed by atoms with Gasteiger partial charge in [-0.3, -0.25) is 14.5 Å². The third-order valence-electron chi connectivity index (χ3n) is 5.69. The molecule has 7 nitrogen and oxygen atoms in total. The molecule has 1 unspecified atom stereocenters. The van der Waals surface area contributed by atoms with Crippen LogP contribution in [-0.2, 0) is 20.7 Å². The van der Waals surface area contributed by atoms with E-state index >= 15 is 0 Å². The quantitative estimate of drug-likeness (QED) is 0.748. The van der Waals surface area contributed by atoms with E-state index < -0.39 is 0 Å². The summed E-state index contributed by atoms with van der Waals surface area (Å²) in [5.74, 6) is 0.334. The van der Waals surface area contributed by atoms with E-state index in [1.165, 1.54) is 5.56 Å². The van der Waals surface area contributed by atoms with Gasteiger partial charge in [0.2, 0.25) is 11.8 Å². The molecule has 0 aromatic heterocycles. The zero-order valence-corrected chi connectivity index (χ0v) is 18.2. The first-order valence-corrected chi connectivity index (χ1v) is 9.90. The standard InChI is InChI=1S/C20H28N4O3.2ClH/c25-19(13-17-15-27-12-6-21-17)23-10-8-22(9-11-23)14-20(26)24-7-5-16-3-1-2-4-18(16)24;;/h1-4,17,21H,5-15H2;2*1H. The number of anilines is 1. The predicted octanol–water partition coefficient (Wildman–Crippen LogP) is 0.942. The normalized spacial score (nSPS) is 21.7. The van der Waals surface area contributed by atoms with Gasteiger partial charge in [0, 0.05) is 57.4 Å². The van der Waals surface area contributed by atoms with Crippen LogP contribution in [0.5, 0.6) is 0 Å². The SMILES string of the molecule is Cl.Cl.O=C(CC1COCCN1)N1CCN(CC(=O)N2CCc3ccccc32)CC1. The van der Waals surface area contributed by atoms with Gasteiger partial charge in [-0.15, -0.1) is 24.8 Å². The van der Waals surface area contributed by atoms with Crippen LogP contribution in [0.25, 0.3) is 0 Å². The van der Waals surface area contributed by atoms with Crippen molar-refractivity contribution in [1.29, 1.82) is 0 Å². The number of rotatable bonds is 4. The summed E-state index contributed by atoms with van der Waals surface area (Å²) in [6, 6.07) is 8.26. The molecule has 162 valence electrons. The fraction of sp³-hybridized carbons (Fsp3) is 0.600. The Morgan fingerprint density at radius 3 is 2.52 bits per heavy atom. The molecule has 0 spiro atoms. The topological polar surface area (TPSA) is 65.1 Å². The summed E-state index contributed by atoms with van der Waals surface area (Å²) >= 11 is 0. The minimum Gasteiger partial charge on any atom is -0.378 e. The zero-order chi connectivity index (χ0) is 18.6. The zero-order valence-electron chi connectivity index (χ0n) is 16.5. The molecule has 2 amide bonds. The highest BCUT2D eigenvalue weighted by molar-refractivity contribution is 5.96. The summed E-state index contributed by atoms with van der Waals surface area (Å²) in [6.45, 7) is 6.22. The number of benzene rings is 1. The molecule has 9 heteroatoms. The number of hydrogen-bond donors (Lipinski definition) is 1. The summed E-state index contributed by atoms with van der Waals surface area (Å²) in [7, 11) is 0. The molecule has 1 aromatic carbocycles. The average molecular weight is 445 g/mol. The summed E-state index contributed by atoms with van der Waals surface area (Å²) in [5.41, 5.74) is 2.31. The summed E-state index contributed by atoms with van der Waals surface area (Å²) in [4.78, 5) is 31.2. The maximum absolute atomic E-state index is 12.7. The number of piperazine rings is 1. The average Bonchev–Trinajstić information content (AvgIpc) is 3.13. The van der Waals surface area contributed by atoms with Crippen molar-refractivity contribution in [2.45, 2.75) is 18.9 Å². The number of carbonyl (C=O) groups is 2. The van der Waals surface area contributed by atoms with Crippen LogP contribution in [0.1, 0.15) is 12.0 Å². The Labute approximate surface area is 184 Å². The highest BCUT2D eigenvalue weighted by Gasteiger charge is 2.28. The first-order valence-electron chi connectivity index (χ1n) is 9.90. The van der Waals surface area contributed by atoms with E-state index in [0.717, 1.165) is 44.9 Å². The van der Waals surface area contributed by atoms with Gasteiger partial charge in [-0.1, -0.05) is 18.2 Å². The number of hydrogen-bond acceptors (Lipinski definition) is 5. The molecule has 2 saturated heterocycles. The van der Waals surface area contributed by atoms with Gasteiger partial charge in [0.15, 0.2) is 0 Å². The fourth-order valence-corrected chi connectivity index (χ4v) is 4.12. The van der Waals surface area contributed by atoms with Crippen LogP contribution >= 0.6 is 24.8 Å². The first-order chi connectivity index (χ1) is 13.2. The molecule has 0 bridgehead atoms. The summed E-state index contributed by atoms with van der Waals surface area (Å²) < 4.78 is 5.42. The Bertz CT molecular complexity index is 692. The lowest BCUT2D eigenvalue weighted by Gasteiger charge is -2.36.